The topological polar surface area (TPSA) is 39.1 Å². The molecule has 1 aromatic rings. The van der Waals surface area contributed by atoms with Crippen molar-refractivity contribution < 1.29 is 4.74 Å². The molecule has 1 N–H and O–H groups in total. The van der Waals surface area contributed by atoms with Gasteiger partial charge < -0.3 is 10.1 Å². The van der Waals surface area contributed by atoms with Gasteiger partial charge in [-0.2, -0.15) is 5.10 Å². The van der Waals surface area contributed by atoms with Crippen LogP contribution in [-0.4, -0.2) is 29.5 Å². The Morgan fingerprint density at radius 3 is 2.88 bits per heavy atom. The highest BCUT2D eigenvalue weighted by molar-refractivity contribution is 5.09. The summed E-state index contributed by atoms with van der Waals surface area (Å²) in [5.41, 5.74) is 1.27. The molecule has 0 amide bonds. The normalized spacial score (nSPS) is 12.9. The quantitative estimate of drug-likeness (QED) is 0.687. The third-order valence-electron chi connectivity index (χ3n) is 2.60. The highest BCUT2D eigenvalue weighted by atomic mass is 16.5. The number of ether oxygens (including phenoxy) is 1. The molecule has 16 heavy (non-hydrogen) atoms. The zero-order valence-corrected chi connectivity index (χ0v) is 10.6. The average Bonchev–Trinajstić information content (AvgIpc) is 2.70. The molecular weight excluding hydrogens is 202 g/mol. The fourth-order valence-electron chi connectivity index (χ4n) is 1.71. The van der Waals surface area contributed by atoms with Crippen LogP contribution in [-0.2, 0) is 11.8 Å². The Bertz CT molecular complexity index is 286. The smallest absolute Gasteiger partial charge is 0.0537 e. The summed E-state index contributed by atoms with van der Waals surface area (Å²) in [5, 5.41) is 7.72. The summed E-state index contributed by atoms with van der Waals surface area (Å²) in [4.78, 5) is 0. The Morgan fingerprint density at radius 1 is 1.50 bits per heavy atom. The Hall–Kier alpha value is -0.870. The molecule has 1 heterocycles. The van der Waals surface area contributed by atoms with Crippen molar-refractivity contribution in [2.24, 2.45) is 7.05 Å². The van der Waals surface area contributed by atoms with Gasteiger partial charge in [0.1, 0.15) is 0 Å². The van der Waals surface area contributed by atoms with Gasteiger partial charge in [-0.1, -0.05) is 6.92 Å². The van der Waals surface area contributed by atoms with E-state index >= 15 is 0 Å². The molecule has 0 spiro atoms. The van der Waals surface area contributed by atoms with Gasteiger partial charge in [-0.25, -0.2) is 0 Å². The lowest BCUT2D eigenvalue weighted by Gasteiger charge is -2.15. The molecule has 1 unspecified atom stereocenters. The first-order valence-electron chi connectivity index (χ1n) is 6.07. The first-order valence-corrected chi connectivity index (χ1v) is 6.07. The molecule has 0 fully saturated rings. The van der Waals surface area contributed by atoms with E-state index in [-0.39, 0.29) is 0 Å². The first-order chi connectivity index (χ1) is 7.77. The molecule has 92 valence electrons. The molecule has 1 rings (SSSR count). The lowest BCUT2D eigenvalue weighted by atomic mass is 10.1. The minimum absolute atomic E-state index is 0.412. The average molecular weight is 225 g/mol. The maximum Gasteiger partial charge on any atom is 0.0537 e. The van der Waals surface area contributed by atoms with Crippen molar-refractivity contribution >= 4 is 0 Å². The minimum Gasteiger partial charge on any atom is -0.382 e. The zero-order chi connectivity index (χ0) is 11.8. The van der Waals surface area contributed by atoms with E-state index in [1.165, 1.54) is 5.56 Å². The molecule has 0 aliphatic heterocycles. The van der Waals surface area contributed by atoms with Gasteiger partial charge in [0, 0.05) is 38.1 Å². The number of nitrogens with zero attached hydrogens (tertiary/aromatic N) is 2. The SMILES string of the molecule is CCOCCCNC(CC)c1cnn(C)c1. The van der Waals surface area contributed by atoms with Gasteiger partial charge in [0.2, 0.25) is 0 Å². The van der Waals surface area contributed by atoms with Crippen molar-refractivity contribution in [2.45, 2.75) is 32.7 Å². The molecular formula is C12H23N3O. The first kappa shape index (κ1) is 13.2. The van der Waals surface area contributed by atoms with Gasteiger partial charge in [0.25, 0.3) is 0 Å². The standard InChI is InChI=1S/C12H23N3O/c1-4-12(11-9-14-15(3)10-11)13-7-6-8-16-5-2/h9-10,12-13H,4-8H2,1-3H3. The summed E-state index contributed by atoms with van der Waals surface area (Å²) in [5.74, 6) is 0. The summed E-state index contributed by atoms with van der Waals surface area (Å²) < 4.78 is 7.15. The number of hydrogen-bond donors (Lipinski definition) is 1. The van der Waals surface area contributed by atoms with Crippen LogP contribution in [0.1, 0.15) is 38.3 Å². The third-order valence-corrected chi connectivity index (χ3v) is 2.60. The van der Waals surface area contributed by atoms with Crippen molar-refractivity contribution in [2.75, 3.05) is 19.8 Å². The van der Waals surface area contributed by atoms with E-state index in [1.54, 1.807) is 0 Å². The second-order valence-corrected chi connectivity index (χ2v) is 3.91. The molecule has 4 heteroatoms. The van der Waals surface area contributed by atoms with Crippen molar-refractivity contribution in [1.82, 2.24) is 15.1 Å². The molecule has 0 aromatic carbocycles. The van der Waals surface area contributed by atoms with Crippen LogP contribution in [0.25, 0.3) is 0 Å². The van der Waals surface area contributed by atoms with Crippen molar-refractivity contribution in [3.8, 4) is 0 Å². The summed E-state index contributed by atoms with van der Waals surface area (Å²) in [6, 6.07) is 0.412. The van der Waals surface area contributed by atoms with Gasteiger partial charge in [-0.05, 0) is 26.3 Å². The zero-order valence-electron chi connectivity index (χ0n) is 10.6. The van der Waals surface area contributed by atoms with Crippen LogP contribution in [0.2, 0.25) is 0 Å². The van der Waals surface area contributed by atoms with Gasteiger partial charge in [0.05, 0.1) is 6.20 Å². The third kappa shape index (κ3) is 4.33. The fraction of sp³-hybridized carbons (Fsp3) is 0.750. The number of aryl methyl sites for hydroxylation is 1. The molecule has 0 aliphatic carbocycles. The maximum absolute atomic E-state index is 5.30. The van der Waals surface area contributed by atoms with Crippen molar-refractivity contribution in [3.63, 3.8) is 0 Å². The number of hydrogen-bond acceptors (Lipinski definition) is 3. The Kier molecular flexibility index (Phi) is 6.11. The van der Waals surface area contributed by atoms with Crippen LogP contribution < -0.4 is 5.32 Å². The van der Waals surface area contributed by atoms with Crippen LogP contribution in [0.3, 0.4) is 0 Å². The Morgan fingerprint density at radius 2 is 2.31 bits per heavy atom. The predicted octanol–water partition coefficient (Wildman–Crippen LogP) is 1.89. The molecule has 1 atom stereocenters. The molecule has 4 nitrogen and oxygen atoms in total. The number of rotatable bonds is 8. The highest BCUT2D eigenvalue weighted by Crippen LogP contribution is 2.14. The summed E-state index contributed by atoms with van der Waals surface area (Å²) in [6.45, 7) is 6.85. The van der Waals surface area contributed by atoms with Crippen LogP contribution in [0.4, 0.5) is 0 Å². The largest absolute Gasteiger partial charge is 0.382 e. The summed E-state index contributed by atoms with van der Waals surface area (Å²) >= 11 is 0. The fourth-order valence-corrected chi connectivity index (χ4v) is 1.71. The van der Waals surface area contributed by atoms with Crippen LogP contribution in [0.15, 0.2) is 12.4 Å². The van der Waals surface area contributed by atoms with E-state index < -0.39 is 0 Å². The molecule has 0 radical (unpaired) electrons. The van der Waals surface area contributed by atoms with Crippen LogP contribution >= 0.6 is 0 Å². The molecule has 0 saturated heterocycles. The van der Waals surface area contributed by atoms with E-state index in [0.717, 1.165) is 32.6 Å². The van der Waals surface area contributed by atoms with E-state index in [9.17, 15) is 0 Å². The van der Waals surface area contributed by atoms with E-state index in [1.807, 2.05) is 24.9 Å². The Balaban J connectivity index is 2.27. The molecule has 0 bridgehead atoms. The summed E-state index contributed by atoms with van der Waals surface area (Å²) in [6.07, 6.45) is 6.15. The predicted molar refractivity (Wildman–Crippen MR) is 65.4 cm³/mol. The van der Waals surface area contributed by atoms with E-state index in [0.29, 0.717) is 6.04 Å². The molecule has 1 aromatic heterocycles. The maximum atomic E-state index is 5.30. The van der Waals surface area contributed by atoms with Gasteiger partial charge in [-0.3, -0.25) is 4.68 Å². The van der Waals surface area contributed by atoms with E-state index in [2.05, 4.69) is 23.5 Å². The van der Waals surface area contributed by atoms with E-state index in [4.69, 9.17) is 4.74 Å². The lowest BCUT2D eigenvalue weighted by Crippen LogP contribution is -2.22. The van der Waals surface area contributed by atoms with Gasteiger partial charge >= 0.3 is 0 Å². The number of nitrogens with one attached hydrogen (secondary N) is 1. The monoisotopic (exact) mass is 225 g/mol. The van der Waals surface area contributed by atoms with Gasteiger partial charge in [-0.15, -0.1) is 0 Å². The highest BCUT2D eigenvalue weighted by Gasteiger charge is 2.09. The van der Waals surface area contributed by atoms with Crippen molar-refractivity contribution in [1.29, 1.82) is 0 Å². The molecule has 0 saturated carbocycles. The van der Waals surface area contributed by atoms with Crippen molar-refractivity contribution in [3.05, 3.63) is 18.0 Å². The minimum atomic E-state index is 0.412. The second kappa shape index (κ2) is 7.41. The second-order valence-electron chi connectivity index (χ2n) is 3.91. The van der Waals surface area contributed by atoms with Gasteiger partial charge in [0.15, 0.2) is 0 Å². The Labute approximate surface area is 98.0 Å². The lowest BCUT2D eigenvalue weighted by molar-refractivity contribution is 0.144. The van der Waals surface area contributed by atoms with Crippen LogP contribution in [0.5, 0.6) is 0 Å². The molecule has 0 aliphatic rings. The number of aromatic nitrogens is 2. The summed E-state index contributed by atoms with van der Waals surface area (Å²) in [7, 11) is 1.95. The van der Waals surface area contributed by atoms with Crippen LogP contribution in [0, 0.1) is 0 Å².